The summed E-state index contributed by atoms with van der Waals surface area (Å²) in [6.45, 7) is 1.43. The minimum absolute atomic E-state index is 0.0370. The maximum atomic E-state index is 12.9. The number of carbonyl (C=O) groups excluding carboxylic acids is 1. The number of hydrogen-bond donors (Lipinski definition) is 2. The third-order valence-electron chi connectivity index (χ3n) is 2.81. The van der Waals surface area contributed by atoms with Gasteiger partial charge in [-0.15, -0.1) is 0 Å². The van der Waals surface area contributed by atoms with Gasteiger partial charge in [-0.05, 0) is 24.1 Å². The Morgan fingerprint density at radius 1 is 1.56 bits per heavy atom. The van der Waals surface area contributed by atoms with Crippen molar-refractivity contribution in [2.24, 2.45) is 0 Å². The van der Waals surface area contributed by atoms with Gasteiger partial charge in [0.05, 0.1) is 6.04 Å². The molecule has 1 aromatic rings. The first-order chi connectivity index (χ1) is 7.78. The van der Waals surface area contributed by atoms with E-state index in [0.29, 0.717) is 12.6 Å². The maximum Gasteiger partial charge on any atom is 0.136 e. The molecule has 1 aliphatic heterocycles. The maximum absolute atomic E-state index is 12.9. The lowest BCUT2D eigenvalue weighted by Gasteiger charge is -2.11. The first-order valence-corrected chi connectivity index (χ1v) is 5.44. The van der Waals surface area contributed by atoms with Gasteiger partial charge in [0.1, 0.15) is 12.1 Å². The average molecular weight is 222 g/mol. The zero-order valence-corrected chi connectivity index (χ0v) is 8.95. The van der Waals surface area contributed by atoms with E-state index in [1.165, 1.54) is 12.1 Å². The molecular formula is C12H15FN2O. The van der Waals surface area contributed by atoms with Gasteiger partial charge in [-0.1, -0.05) is 12.1 Å². The van der Waals surface area contributed by atoms with Gasteiger partial charge in [0.15, 0.2) is 0 Å². The predicted octanol–water partition coefficient (Wildman–Crippen LogP) is 0.845. The summed E-state index contributed by atoms with van der Waals surface area (Å²) in [5.74, 6) is -0.213. The summed E-state index contributed by atoms with van der Waals surface area (Å²) in [4.78, 5) is 10.5. The van der Waals surface area contributed by atoms with Gasteiger partial charge in [0, 0.05) is 19.1 Å². The molecule has 1 heterocycles. The molecule has 2 rings (SSSR count). The molecule has 0 aliphatic carbocycles. The van der Waals surface area contributed by atoms with Crippen LogP contribution in [0.15, 0.2) is 24.3 Å². The number of rotatable bonds is 4. The summed E-state index contributed by atoms with van der Waals surface area (Å²) in [6.07, 6.45) is 1.74. The summed E-state index contributed by atoms with van der Waals surface area (Å²) < 4.78 is 12.9. The quantitative estimate of drug-likeness (QED) is 0.742. The Labute approximate surface area is 94.0 Å². The van der Waals surface area contributed by atoms with Crippen molar-refractivity contribution in [1.29, 1.82) is 0 Å². The van der Waals surface area contributed by atoms with Gasteiger partial charge in [-0.3, -0.25) is 0 Å². The highest BCUT2D eigenvalue weighted by atomic mass is 19.1. The highest BCUT2D eigenvalue weighted by Crippen LogP contribution is 2.07. The molecule has 0 radical (unpaired) electrons. The van der Waals surface area contributed by atoms with Crippen LogP contribution >= 0.6 is 0 Å². The standard InChI is InChI=1S/C12H15FN2O/c13-10-3-1-2-9(4-10)6-14-11-5-12(8-16)15-7-11/h1-4,8,11-12,14-15H,5-7H2/t11-,12-/m0/s1. The lowest BCUT2D eigenvalue weighted by Crippen LogP contribution is -2.30. The molecule has 4 heteroatoms. The van der Waals surface area contributed by atoms with Crippen LogP contribution in [0.4, 0.5) is 4.39 Å². The van der Waals surface area contributed by atoms with Crippen LogP contribution in [0.3, 0.4) is 0 Å². The molecule has 16 heavy (non-hydrogen) atoms. The van der Waals surface area contributed by atoms with Crippen LogP contribution in [0.25, 0.3) is 0 Å². The molecule has 86 valence electrons. The van der Waals surface area contributed by atoms with E-state index in [1.807, 2.05) is 6.07 Å². The fraction of sp³-hybridized carbons (Fsp3) is 0.417. The summed E-state index contributed by atoms with van der Waals surface area (Å²) in [5.41, 5.74) is 0.926. The second-order valence-corrected chi connectivity index (χ2v) is 4.09. The number of aldehydes is 1. The monoisotopic (exact) mass is 222 g/mol. The molecule has 1 saturated heterocycles. The number of carbonyl (C=O) groups is 1. The van der Waals surface area contributed by atoms with Gasteiger partial charge >= 0.3 is 0 Å². The number of benzene rings is 1. The first-order valence-electron chi connectivity index (χ1n) is 5.44. The second kappa shape index (κ2) is 5.18. The Hall–Kier alpha value is -1.26. The van der Waals surface area contributed by atoms with Gasteiger partial charge in [-0.2, -0.15) is 0 Å². The molecule has 1 fully saturated rings. The van der Waals surface area contributed by atoms with Crippen molar-refractivity contribution in [2.45, 2.75) is 25.0 Å². The lowest BCUT2D eigenvalue weighted by atomic mass is 10.1. The fourth-order valence-electron chi connectivity index (χ4n) is 1.94. The van der Waals surface area contributed by atoms with Crippen LogP contribution in [0.5, 0.6) is 0 Å². The minimum Gasteiger partial charge on any atom is -0.309 e. The van der Waals surface area contributed by atoms with Gasteiger partial charge in [-0.25, -0.2) is 4.39 Å². The van der Waals surface area contributed by atoms with E-state index in [9.17, 15) is 9.18 Å². The number of nitrogens with one attached hydrogen (secondary N) is 2. The van der Waals surface area contributed by atoms with Crippen molar-refractivity contribution in [3.63, 3.8) is 0 Å². The van der Waals surface area contributed by atoms with Gasteiger partial charge in [0.2, 0.25) is 0 Å². The van der Waals surface area contributed by atoms with E-state index in [-0.39, 0.29) is 11.9 Å². The third kappa shape index (κ3) is 2.87. The van der Waals surface area contributed by atoms with E-state index in [0.717, 1.165) is 24.8 Å². The van der Waals surface area contributed by atoms with Crippen molar-refractivity contribution < 1.29 is 9.18 Å². The fourth-order valence-corrected chi connectivity index (χ4v) is 1.94. The zero-order valence-electron chi connectivity index (χ0n) is 8.95. The van der Waals surface area contributed by atoms with Crippen LogP contribution in [0.2, 0.25) is 0 Å². The van der Waals surface area contributed by atoms with Crippen molar-refractivity contribution in [3.8, 4) is 0 Å². The molecule has 0 spiro atoms. The zero-order chi connectivity index (χ0) is 11.4. The highest BCUT2D eigenvalue weighted by molar-refractivity contribution is 5.58. The number of halogens is 1. The Kier molecular flexibility index (Phi) is 3.64. The summed E-state index contributed by atoms with van der Waals surface area (Å²) in [7, 11) is 0. The van der Waals surface area contributed by atoms with Gasteiger partial charge < -0.3 is 15.4 Å². The van der Waals surface area contributed by atoms with Crippen molar-refractivity contribution >= 4 is 6.29 Å². The molecule has 0 saturated carbocycles. The molecule has 0 bridgehead atoms. The van der Waals surface area contributed by atoms with Crippen LogP contribution in [-0.4, -0.2) is 24.9 Å². The molecular weight excluding hydrogens is 207 g/mol. The SMILES string of the molecule is O=C[C@@H]1C[C@H](NCc2cccc(F)c2)CN1. The van der Waals surface area contributed by atoms with Gasteiger partial charge in [0.25, 0.3) is 0 Å². The molecule has 0 amide bonds. The summed E-state index contributed by atoms with van der Waals surface area (Å²) in [5, 5.41) is 6.40. The molecule has 1 aromatic carbocycles. The minimum atomic E-state index is -0.213. The van der Waals surface area contributed by atoms with E-state index in [2.05, 4.69) is 10.6 Å². The van der Waals surface area contributed by atoms with Crippen molar-refractivity contribution in [1.82, 2.24) is 10.6 Å². The molecule has 1 aliphatic rings. The Balaban J connectivity index is 1.82. The smallest absolute Gasteiger partial charge is 0.136 e. The summed E-state index contributed by atoms with van der Waals surface area (Å²) in [6, 6.07) is 6.79. The van der Waals surface area contributed by atoms with E-state index in [4.69, 9.17) is 0 Å². The Bertz CT molecular complexity index is 370. The van der Waals surface area contributed by atoms with Crippen molar-refractivity contribution in [3.05, 3.63) is 35.6 Å². The molecule has 3 nitrogen and oxygen atoms in total. The third-order valence-corrected chi connectivity index (χ3v) is 2.81. The highest BCUT2D eigenvalue weighted by Gasteiger charge is 2.22. The van der Waals surface area contributed by atoms with Crippen LogP contribution < -0.4 is 10.6 Å². The van der Waals surface area contributed by atoms with Crippen LogP contribution in [0, 0.1) is 5.82 Å². The summed E-state index contributed by atoms with van der Waals surface area (Å²) >= 11 is 0. The molecule has 0 unspecified atom stereocenters. The van der Waals surface area contributed by atoms with E-state index in [1.54, 1.807) is 6.07 Å². The normalized spacial score (nSPS) is 24.6. The van der Waals surface area contributed by atoms with E-state index >= 15 is 0 Å². The Morgan fingerprint density at radius 2 is 2.44 bits per heavy atom. The Morgan fingerprint density at radius 3 is 3.12 bits per heavy atom. The first kappa shape index (κ1) is 11.2. The number of hydrogen-bond acceptors (Lipinski definition) is 3. The van der Waals surface area contributed by atoms with Crippen LogP contribution in [-0.2, 0) is 11.3 Å². The largest absolute Gasteiger partial charge is 0.309 e. The predicted molar refractivity (Wildman–Crippen MR) is 59.5 cm³/mol. The van der Waals surface area contributed by atoms with E-state index < -0.39 is 0 Å². The molecule has 2 N–H and O–H groups in total. The molecule has 2 atom stereocenters. The van der Waals surface area contributed by atoms with Crippen molar-refractivity contribution in [2.75, 3.05) is 6.54 Å². The molecule has 0 aromatic heterocycles. The average Bonchev–Trinajstić information content (AvgIpc) is 2.74. The van der Waals surface area contributed by atoms with Crippen LogP contribution in [0.1, 0.15) is 12.0 Å². The lowest BCUT2D eigenvalue weighted by molar-refractivity contribution is -0.109. The second-order valence-electron chi connectivity index (χ2n) is 4.09. The topological polar surface area (TPSA) is 41.1 Å².